The van der Waals surface area contributed by atoms with E-state index in [1.807, 2.05) is 45.0 Å². The molecule has 2 aromatic rings. The van der Waals surface area contributed by atoms with E-state index in [-0.39, 0.29) is 17.3 Å². The minimum Gasteiger partial charge on any atom is -0.488 e. The zero-order chi connectivity index (χ0) is 17.2. The van der Waals surface area contributed by atoms with E-state index < -0.39 is 0 Å². The molecule has 0 amide bonds. The van der Waals surface area contributed by atoms with Crippen molar-refractivity contribution < 1.29 is 9.47 Å². The molecule has 1 aromatic heterocycles. The number of hydrogen-bond acceptors (Lipinski definition) is 5. The number of hydrogen-bond donors (Lipinski definition) is 0. The van der Waals surface area contributed by atoms with E-state index in [9.17, 15) is 4.79 Å². The molecule has 0 saturated carbocycles. The maximum Gasteiger partial charge on any atom is 0.364 e. The van der Waals surface area contributed by atoms with E-state index in [0.717, 1.165) is 24.2 Å². The number of tetrazole rings is 1. The molecular formula is C17H24N4O3. The van der Waals surface area contributed by atoms with Crippen molar-refractivity contribution in [1.82, 2.24) is 19.8 Å². The second-order valence-corrected chi connectivity index (χ2v) is 7.07. The van der Waals surface area contributed by atoms with Crippen molar-refractivity contribution in [1.29, 1.82) is 0 Å². The zero-order valence-electron chi connectivity index (χ0n) is 14.4. The van der Waals surface area contributed by atoms with Crippen LogP contribution in [-0.4, -0.2) is 38.6 Å². The summed E-state index contributed by atoms with van der Waals surface area (Å²) in [6, 6.07) is 7.80. The van der Waals surface area contributed by atoms with Gasteiger partial charge in [-0.25, -0.2) is 4.79 Å². The van der Waals surface area contributed by atoms with Crippen LogP contribution in [0.2, 0.25) is 0 Å². The summed E-state index contributed by atoms with van der Waals surface area (Å²) in [5.74, 6) is 0.782. The summed E-state index contributed by atoms with van der Waals surface area (Å²) < 4.78 is 14.1. The van der Waals surface area contributed by atoms with Crippen LogP contribution in [0.3, 0.4) is 0 Å². The van der Waals surface area contributed by atoms with E-state index in [1.165, 1.54) is 9.36 Å². The molecule has 1 aliphatic heterocycles. The average Bonchev–Trinajstić information content (AvgIpc) is 2.88. The van der Waals surface area contributed by atoms with Gasteiger partial charge in [-0.1, -0.05) is 12.1 Å². The van der Waals surface area contributed by atoms with Crippen molar-refractivity contribution in [3.63, 3.8) is 0 Å². The van der Waals surface area contributed by atoms with Crippen LogP contribution < -0.4 is 10.4 Å². The molecular weight excluding hydrogens is 308 g/mol. The Kier molecular flexibility index (Phi) is 4.71. The summed E-state index contributed by atoms with van der Waals surface area (Å²) >= 11 is 0. The van der Waals surface area contributed by atoms with Gasteiger partial charge in [0.2, 0.25) is 0 Å². The first-order chi connectivity index (χ1) is 11.4. The van der Waals surface area contributed by atoms with Gasteiger partial charge in [0.05, 0.1) is 12.6 Å². The maximum atomic E-state index is 12.5. The average molecular weight is 332 g/mol. The van der Waals surface area contributed by atoms with Gasteiger partial charge in [-0.2, -0.15) is 9.36 Å². The topological polar surface area (TPSA) is 71.2 Å². The second kappa shape index (κ2) is 6.76. The Morgan fingerprint density at radius 3 is 2.71 bits per heavy atom. The monoisotopic (exact) mass is 332 g/mol. The van der Waals surface area contributed by atoms with Crippen LogP contribution in [0.5, 0.6) is 5.75 Å². The molecule has 0 aliphatic carbocycles. The van der Waals surface area contributed by atoms with Crippen LogP contribution in [0.4, 0.5) is 0 Å². The van der Waals surface area contributed by atoms with Crippen LogP contribution in [0.15, 0.2) is 29.1 Å². The van der Waals surface area contributed by atoms with Gasteiger partial charge in [0.25, 0.3) is 0 Å². The fourth-order valence-electron chi connectivity index (χ4n) is 2.78. The quantitative estimate of drug-likeness (QED) is 0.856. The molecule has 130 valence electrons. The lowest BCUT2D eigenvalue weighted by molar-refractivity contribution is 0.0647. The molecule has 0 unspecified atom stereocenters. The third-order valence-corrected chi connectivity index (χ3v) is 3.85. The number of nitrogens with zero attached hydrogens (tertiary/aromatic N) is 4. The van der Waals surface area contributed by atoms with Crippen LogP contribution >= 0.6 is 0 Å². The van der Waals surface area contributed by atoms with Crippen molar-refractivity contribution in [2.24, 2.45) is 0 Å². The van der Waals surface area contributed by atoms with Crippen LogP contribution in [0.1, 0.15) is 45.2 Å². The van der Waals surface area contributed by atoms with Gasteiger partial charge in [0.1, 0.15) is 11.4 Å². The van der Waals surface area contributed by atoms with E-state index in [2.05, 4.69) is 10.4 Å². The summed E-state index contributed by atoms with van der Waals surface area (Å²) in [5.41, 5.74) is 0.517. The number of rotatable bonds is 4. The first-order valence-corrected chi connectivity index (χ1v) is 8.30. The first kappa shape index (κ1) is 16.7. The molecule has 24 heavy (non-hydrogen) atoms. The Bertz CT molecular complexity index is 739. The lowest BCUT2D eigenvalue weighted by atomic mass is 10.1. The van der Waals surface area contributed by atoms with Gasteiger partial charge < -0.3 is 9.47 Å². The number of benzene rings is 1. The SMILES string of the molecule is CC(C)(C)Oc1cccc(Cn2nnn(C3CCOCC3)c2=O)c1. The predicted molar refractivity (Wildman–Crippen MR) is 89.3 cm³/mol. The number of ether oxygens (including phenoxy) is 2. The largest absolute Gasteiger partial charge is 0.488 e. The predicted octanol–water partition coefficient (Wildman–Crippen LogP) is 2.02. The normalized spacial score (nSPS) is 16.3. The highest BCUT2D eigenvalue weighted by Crippen LogP contribution is 2.20. The fourth-order valence-corrected chi connectivity index (χ4v) is 2.78. The second-order valence-electron chi connectivity index (χ2n) is 7.07. The van der Waals surface area contributed by atoms with Gasteiger partial charge in [0, 0.05) is 13.2 Å². The highest BCUT2D eigenvalue weighted by atomic mass is 16.5. The van der Waals surface area contributed by atoms with Crippen molar-refractivity contribution in [2.45, 2.75) is 51.8 Å². The van der Waals surface area contributed by atoms with Gasteiger partial charge in [-0.05, 0) is 61.7 Å². The van der Waals surface area contributed by atoms with Crippen molar-refractivity contribution in [3.8, 4) is 5.75 Å². The fraction of sp³-hybridized carbons (Fsp3) is 0.588. The summed E-state index contributed by atoms with van der Waals surface area (Å²) in [6.07, 6.45) is 1.60. The van der Waals surface area contributed by atoms with Gasteiger partial charge >= 0.3 is 5.69 Å². The minimum absolute atomic E-state index is 0.0792. The highest BCUT2D eigenvalue weighted by molar-refractivity contribution is 5.29. The van der Waals surface area contributed by atoms with E-state index in [4.69, 9.17) is 9.47 Å². The molecule has 7 heteroatoms. The molecule has 1 aromatic carbocycles. The first-order valence-electron chi connectivity index (χ1n) is 8.30. The molecule has 1 fully saturated rings. The number of aromatic nitrogens is 4. The lowest BCUT2D eigenvalue weighted by Gasteiger charge is -2.21. The van der Waals surface area contributed by atoms with E-state index in [0.29, 0.717) is 19.8 Å². The molecule has 1 aliphatic rings. The highest BCUT2D eigenvalue weighted by Gasteiger charge is 2.20. The molecule has 0 atom stereocenters. The third-order valence-electron chi connectivity index (χ3n) is 3.85. The molecule has 0 N–H and O–H groups in total. The molecule has 0 spiro atoms. The Hall–Kier alpha value is -2.15. The van der Waals surface area contributed by atoms with Crippen molar-refractivity contribution in [3.05, 3.63) is 40.3 Å². The Morgan fingerprint density at radius 1 is 1.25 bits per heavy atom. The molecule has 2 heterocycles. The molecule has 0 bridgehead atoms. The standard InChI is InChI=1S/C17H24N4O3/c1-17(2,3)24-15-6-4-5-13(11-15)12-20-16(22)21(19-18-20)14-7-9-23-10-8-14/h4-6,11,14H,7-10,12H2,1-3H3. The Balaban J connectivity index is 1.76. The summed E-state index contributed by atoms with van der Waals surface area (Å²) in [5, 5.41) is 8.07. The van der Waals surface area contributed by atoms with Gasteiger partial charge in [-0.15, -0.1) is 0 Å². The Morgan fingerprint density at radius 2 is 2.00 bits per heavy atom. The third kappa shape index (κ3) is 4.03. The smallest absolute Gasteiger partial charge is 0.364 e. The van der Waals surface area contributed by atoms with Crippen molar-refractivity contribution >= 4 is 0 Å². The van der Waals surface area contributed by atoms with Crippen LogP contribution in [0.25, 0.3) is 0 Å². The summed E-state index contributed by atoms with van der Waals surface area (Å²) in [4.78, 5) is 12.5. The van der Waals surface area contributed by atoms with E-state index in [1.54, 1.807) is 0 Å². The maximum absolute atomic E-state index is 12.5. The zero-order valence-corrected chi connectivity index (χ0v) is 14.4. The van der Waals surface area contributed by atoms with E-state index >= 15 is 0 Å². The van der Waals surface area contributed by atoms with Gasteiger partial charge in [-0.3, -0.25) is 0 Å². The molecule has 7 nitrogen and oxygen atoms in total. The lowest BCUT2D eigenvalue weighted by Crippen LogP contribution is -2.31. The van der Waals surface area contributed by atoms with Crippen LogP contribution in [0, 0.1) is 0 Å². The minimum atomic E-state index is -0.262. The summed E-state index contributed by atoms with van der Waals surface area (Å²) in [7, 11) is 0. The van der Waals surface area contributed by atoms with Crippen molar-refractivity contribution in [2.75, 3.05) is 13.2 Å². The summed E-state index contributed by atoms with van der Waals surface area (Å²) in [6.45, 7) is 7.71. The molecule has 1 saturated heterocycles. The van der Waals surface area contributed by atoms with Gasteiger partial charge in [0.15, 0.2) is 0 Å². The molecule has 3 rings (SSSR count). The Labute approximate surface area is 141 Å². The van der Waals surface area contributed by atoms with Crippen LogP contribution in [-0.2, 0) is 11.3 Å². The molecule has 0 radical (unpaired) electrons.